The fraction of sp³-hybridized carbons (Fsp3) is 0.158. The van der Waals surface area contributed by atoms with Crippen LogP contribution in [0.1, 0.15) is 0 Å². The minimum atomic E-state index is -0.325. The molecular formula is C19H21N5O. The van der Waals surface area contributed by atoms with Crippen LogP contribution in [-0.2, 0) is 7.05 Å². The maximum absolute atomic E-state index is 12.2. The molecule has 2 amide bonds. The first-order chi connectivity index (χ1) is 12.0. The molecule has 0 fully saturated rings. The molecule has 3 rings (SSSR count). The van der Waals surface area contributed by atoms with E-state index >= 15 is 0 Å². The van der Waals surface area contributed by atoms with Crippen molar-refractivity contribution in [1.82, 2.24) is 9.78 Å². The van der Waals surface area contributed by atoms with Gasteiger partial charge in [-0.15, -0.1) is 0 Å². The van der Waals surface area contributed by atoms with Gasteiger partial charge in [-0.05, 0) is 23.8 Å². The molecule has 128 valence electrons. The van der Waals surface area contributed by atoms with E-state index in [1.807, 2.05) is 86.7 Å². The van der Waals surface area contributed by atoms with Crippen LogP contribution in [0.3, 0.4) is 0 Å². The van der Waals surface area contributed by atoms with Crippen molar-refractivity contribution in [1.29, 1.82) is 0 Å². The molecule has 0 saturated heterocycles. The third-order valence-electron chi connectivity index (χ3n) is 3.81. The number of nitrogens with one attached hydrogen (secondary N) is 2. The predicted octanol–water partition coefficient (Wildman–Crippen LogP) is 3.80. The lowest BCUT2D eigenvalue weighted by Gasteiger charge is -2.14. The molecule has 6 nitrogen and oxygen atoms in total. The van der Waals surface area contributed by atoms with Gasteiger partial charge in [0.1, 0.15) is 0 Å². The van der Waals surface area contributed by atoms with Crippen LogP contribution in [0.2, 0.25) is 0 Å². The summed E-state index contributed by atoms with van der Waals surface area (Å²) in [4.78, 5) is 14.2. The summed E-state index contributed by atoms with van der Waals surface area (Å²) >= 11 is 0. The zero-order chi connectivity index (χ0) is 17.8. The molecule has 25 heavy (non-hydrogen) atoms. The number of rotatable bonds is 4. The van der Waals surface area contributed by atoms with Crippen molar-refractivity contribution in [2.75, 3.05) is 29.6 Å². The summed E-state index contributed by atoms with van der Waals surface area (Å²) in [5.41, 5.74) is 3.72. The molecule has 0 saturated carbocycles. The molecule has 0 spiro atoms. The first-order valence-corrected chi connectivity index (χ1v) is 7.98. The highest BCUT2D eigenvalue weighted by molar-refractivity contribution is 5.99. The summed E-state index contributed by atoms with van der Waals surface area (Å²) in [6.07, 6.45) is 0. The molecule has 0 atom stereocenters. The lowest BCUT2D eigenvalue weighted by molar-refractivity contribution is 0.262. The molecule has 2 N–H and O–H groups in total. The van der Waals surface area contributed by atoms with E-state index in [9.17, 15) is 4.79 Å². The summed E-state index contributed by atoms with van der Waals surface area (Å²) in [6, 6.07) is 19.1. The number of aryl methyl sites for hydroxylation is 1. The fourth-order valence-corrected chi connectivity index (χ4v) is 2.55. The average Bonchev–Trinajstić information content (AvgIpc) is 2.96. The first-order valence-electron chi connectivity index (χ1n) is 7.98. The first kappa shape index (κ1) is 16.6. The fourth-order valence-electron chi connectivity index (χ4n) is 2.55. The predicted molar refractivity (Wildman–Crippen MR) is 102 cm³/mol. The van der Waals surface area contributed by atoms with E-state index in [1.54, 1.807) is 4.68 Å². The van der Waals surface area contributed by atoms with Crippen LogP contribution >= 0.6 is 0 Å². The van der Waals surface area contributed by atoms with Crippen LogP contribution in [0.5, 0.6) is 0 Å². The minimum absolute atomic E-state index is 0.325. The van der Waals surface area contributed by atoms with E-state index < -0.39 is 0 Å². The molecule has 0 aliphatic rings. The van der Waals surface area contributed by atoms with Gasteiger partial charge in [0, 0.05) is 38.6 Å². The van der Waals surface area contributed by atoms with Crippen LogP contribution in [0.15, 0.2) is 60.7 Å². The number of benzene rings is 2. The Morgan fingerprint density at radius 2 is 1.76 bits per heavy atom. The highest BCUT2D eigenvalue weighted by Gasteiger charge is 2.10. The van der Waals surface area contributed by atoms with Gasteiger partial charge < -0.3 is 10.2 Å². The normalized spacial score (nSPS) is 10.4. The number of urea groups is 1. The van der Waals surface area contributed by atoms with E-state index in [2.05, 4.69) is 15.7 Å². The van der Waals surface area contributed by atoms with E-state index in [4.69, 9.17) is 0 Å². The highest BCUT2D eigenvalue weighted by Crippen LogP contribution is 2.22. The van der Waals surface area contributed by atoms with E-state index in [-0.39, 0.29) is 6.03 Å². The molecule has 1 heterocycles. The smallest absolute Gasteiger partial charge is 0.324 e. The molecule has 0 radical (unpaired) electrons. The topological polar surface area (TPSA) is 62.2 Å². The molecular weight excluding hydrogens is 314 g/mol. The zero-order valence-electron chi connectivity index (χ0n) is 14.5. The van der Waals surface area contributed by atoms with Crippen LogP contribution < -0.4 is 15.5 Å². The minimum Gasteiger partial charge on any atom is -0.378 e. The monoisotopic (exact) mass is 335 g/mol. The van der Waals surface area contributed by atoms with Crippen LogP contribution in [0, 0.1) is 0 Å². The molecule has 2 aromatic carbocycles. The largest absolute Gasteiger partial charge is 0.378 e. The summed E-state index contributed by atoms with van der Waals surface area (Å²) in [5, 5.41) is 9.95. The number of anilines is 3. The van der Waals surface area contributed by atoms with Crippen molar-refractivity contribution in [2.45, 2.75) is 0 Å². The van der Waals surface area contributed by atoms with Gasteiger partial charge >= 0.3 is 6.03 Å². The quantitative estimate of drug-likeness (QED) is 0.762. The van der Waals surface area contributed by atoms with Crippen LogP contribution in [0.4, 0.5) is 22.0 Å². The number of hydrogen-bond donors (Lipinski definition) is 2. The second kappa shape index (κ2) is 7.09. The number of aromatic nitrogens is 2. The SMILES string of the molecule is CN(C)c1cccc(NC(=O)Nc2cc(-c3ccccc3)n(C)n2)c1. The van der Waals surface area contributed by atoms with Gasteiger partial charge in [0.05, 0.1) is 5.69 Å². The van der Waals surface area contributed by atoms with Gasteiger partial charge in [0.25, 0.3) is 0 Å². The van der Waals surface area contributed by atoms with E-state index in [0.717, 1.165) is 22.6 Å². The standard InChI is InChI=1S/C19H21N5O/c1-23(2)16-11-7-10-15(12-16)20-19(25)21-18-13-17(24(3)22-18)14-8-5-4-6-9-14/h4-13H,1-3H3,(H2,20,21,22,25). The summed E-state index contributed by atoms with van der Waals surface area (Å²) < 4.78 is 1.75. The van der Waals surface area contributed by atoms with Crippen molar-refractivity contribution in [3.8, 4) is 11.3 Å². The Balaban J connectivity index is 1.71. The summed E-state index contributed by atoms with van der Waals surface area (Å²) in [6.45, 7) is 0. The third kappa shape index (κ3) is 3.98. The van der Waals surface area contributed by atoms with Gasteiger partial charge in [0.15, 0.2) is 5.82 Å². The highest BCUT2D eigenvalue weighted by atomic mass is 16.2. The molecule has 0 bridgehead atoms. The van der Waals surface area contributed by atoms with Crippen LogP contribution in [0.25, 0.3) is 11.3 Å². The lowest BCUT2D eigenvalue weighted by atomic mass is 10.1. The Morgan fingerprint density at radius 3 is 2.48 bits per heavy atom. The van der Waals surface area contributed by atoms with Gasteiger partial charge in [0.2, 0.25) is 0 Å². The Bertz CT molecular complexity index is 871. The maximum Gasteiger partial charge on any atom is 0.324 e. The van der Waals surface area contributed by atoms with Gasteiger partial charge in [-0.2, -0.15) is 5.10 Å². The maximum atomic E-state index is 12.2. The Hall–Kier alpha value is -3.28. The Labute approximate surface area is 147 Å². The second-order valence-electron chi connectivity index (χ2n) is 5.93. The van der Waals surface area contributed by atoms with Crippen molar-refractivity contribution in [3.05, 3.63) is 60.7 Å². The summed E-state index contributed by atoms with van der Waals surface area (Å²) in [7, 11) is 5.77. The number of carbonyl (C=O) groups excluding carboxylic acids is 1. The number of amides is 2. The van der Waals surface area contributed by atoms with E-state index in [0.29, 0.717) is 5.82 Å². The molecule has 6 heteroatoms. The number of nitrogens with zero attached hydrogens (tertiary/aromatic N) is 3. The third-order valence-corrected chi connectivity index (χ3v) is 3.81. The Morgan fingerprint density at radius 1 is 1.00 bits per heavy atom. The van der Waals surface area contributed by atoms with Crippen molar-refractivity contribution < 1.29 is 4.79 Å². The van der Waals surface area contributed by atoms with Crippen molar-refractivity contribution >= 4 is 23.2 Å². The number of carbonyl (C=O) groups is 1. The Kier molecular flexibility index (Phi) is 4.70. The average molecular weight is 335 g/mol. The van der Waals surface area contributed by atoms with Crippen molar-refractivity contribution in [2.24, 2.45) is 7.05 Å². The molecule has 1 aromatic heterocycles. The lowest BCUT2D eigenvalue weighted by Crippen LogP contribution is -2.20. The zero-order valence-corrected chi connectivity index (χ0v) is 14.5. The molecule has 0 aliphatic heterocycles. The summed E-state index contributed by atoms with van der Waals surface area (Å²) in [5.74, 6) is 0.502. The van der Waals surface area contributed by atoms with Gasteiger partial charge in [-0.1, -0.05) is 36.4 Å². The van der Waals surface area contributed by atoms with E-state index in [1.165, 1.54) is 0 Å². The van der Waals surface area contributed by atoms with Crippen LogP contribution in [-0.4, -0.2) is 29.9 Å². The molecule has 0 unspecified atom stereocenters. The number of hydrogen-bond acceptors (Lipinski definition) is 3. The van der Waals surface area contributed by atoms with Gasteiger partial charge in [-0.3, -0.25) is 10.00 Å². The molecule has 3 aromatic rings. The van der Waals surface area contributed by atoms with Crippen molar-refractivity contribution in [3.63, 3.8) is 0 Å². The second-order valence-corrected chi connectivity index (χ2v) is 5.93. The van der Waals surface area contributed by atoms with Gasteiger partial charge in [-0.25, -0.2) is 4.79 Å². The molecule has 0 aliphatic carbocycles.